The van der Waals surface area contributed by atoms with Crippen molar-refractivity contribution in [2.75, 3.05) is 36.0 Å². The molecule has 0 spiro atoms. The molecule has 0 bridgehead atoms. The van der Waals surface area contributed by atoms with Gasteiger partial charge >= 0.3 is 0 Å². The van der Waals surface area contributed by atoms with Gasteiger partial charge in [0.25, 0.3) is 0 Å². The van der Waals surface area contributed by atoms with Crippen LogP contribution in [-0.2, 0) is 0 Å². The summed E-state index contributed by atoms with van der Waals surface area (Å²) in [6.07, 6.45) is 9.38. The average molecular weight is 336 g/mol. The quantitative estimate of drug-likeness (QED) is 0.858. The Morgan fingerprint density at radius 3 is 2.28 bits per heavy atom. The van der Waals surface area contributed by atoms with Gasteiger partial charge in [-0.3, -0.25) is 4.98 Å². The van der Waals surface area contributed by atoms with Gasteiger partial charge in [0, 0.05) is 61.9 Å². The molecule has 1 saturated carbocycles. The van der Waals surface area contributed by atoms with E-state index in [9.17, 15) is 0 Å². The fraction of sp³-hybridized carbons (Fsp3) is 0.579. The van der Waals surface area contributed by atoms with Crippen LogP contribution in [0, 0.1) is 18.8 Å². The molecular formula is C19H24N6. The van der Waals surface area contributed by atoms with Crippen LogP contribution >= 0.6 is 0 Å². The molecule has 2 aromatic rings. The normalized spacial score (nSPS) is 26.0. The van der Waals surface area contributed by atoms with Crippen molar-refractivity contribution in [3.8, 4) is 0 Å². The van der Waals surface area contributed by atoms with E-state index in [4.69, 9.17) is 0 Å². The second kappa shape index (κ2) is 5.93. The van der Waals surface area contributed by atoms with Crippen molar-refractivity contribution in [1.82, 2.24) is 19.9 Å². The zero-order valence-corrected chi connectivity index (χ0v) is 14.7. The largest absolute Gasteiger partial charge is 0.356 e. The van der Waals surface area contributed by atoms with E-state index in [0.717, 1.165) is 43.5 Å². The lowest BCUT2D eigenvalue weighted by Gasteiger charge is -2.26. The highest BCUT2D eigenvalue weighted by Gasteiger charge is 2.41. The Balaban J connectivity index is 1.28. The van der Waals surface area contributed by atoms with Crippen molar-refractivity contribution in [1.29, 1.82) is 0 Å². The van der Waals surface area contributed by atoms with Crippen LogP contribution in [0.25, 0.3) is 0 Å². The maximum absolute atomic E-state index is 4.64. The highest BCUT2D eigenvalue weighted by molar-refractivity contribution is 5.45. The molecule has 6 nitrogen and oxygen atoms in total. The van der Waals surface area contributed by atoms with Crippen LogP contribution in [0.1, 0.15) is 36.6 Å². The van der Waals surface area contributed by atoms with Crippen molar-refractivity contribution >= 4 is 11.6 Å². The van der Waals surface area contributed by atoms with Gasteiger partial charge in [0.05, 0.1) is 11.9 Å². The van der Waals surface area contributed by atoms with E-state index < -0.39 is 0 Å². The molecule has 2 aliphatic heterocycles. The molecule has 0 aromatic carbocycles. The van der Waals surface area contributed by atoms with E-state index in [1.807, 2.05) is 19.3 Å². The molecule has 2 atom stereocenters. The van der Waals surface area contributed by atoms with Gasteiger partial charge in [-0.15, -0.1) is 0 Å². The minimum Gasteiger partial charge on any atom is -0.356 e. The monoisotopic (exact) mass is 336 g/mol. The highest BCUT2D eigenvalue weighted by atomic mass is 15.3. The van der Waals surface area contributed by atoms with Crippen molar-refractivity contribution < 1.29 is 0 Å². The van der Waals surface area contributed by atoms with Gasteiger partial charge in [-0.2, -0.15) is 0 Å². The first-order valence-electron chi connectivity index (χ1n) is 9.37. The third kappa shape index (κ3) is 2.73. The number of hydrogen-bond donors (Lipinski definition) is 0. The van der Waals surface area contributed by atoms with Crippen molar-refractivity contribution in [2.24, 2.45) is 11.8 Å². The van der Waals surface area contributed by atoms with Crippen LogP contribution < -0.4 is 9.80 Å². The zero-order chi connectivity index (χ0) is 16.8. The Hall–Kier alpha value is -2.24. The smallest absolute Gasteiger partial charge is 0.147 e. The fourth-order valence-corrected chi connectivity index (χ4v) is 4.43. The van der Waals surface area contributed by atoms with Crippen LogP contribution in [-0.4, -0.2) is 46.1 Å². The number of rotatable bonds is 3. The lowest BCUT2D eigenvalue weighted by molar-refractivity contribution is 0.410. The molecule has 6 heteroatoms. The van der Waals surface area contributed by atoms with Gasteiger partial charge in [-0.05, 0) is 19.8 Å². The molecule has 3 fully saturated rings. The molecule has 2 aromatic heterocycles. The summed E-state index contributed by atoms with van der Waals surface area (Å²) in [6.45, 7) is 6.31. The summed E-state index contributed by atoms with van der Waals surface area (Å²) in [6, 6.07) is 2.23. The molecule has 2 unspecified atom stereocenters. The Morgan fingerprint density at radius 1 is 0.920 bits per heavy atom. The first-order valence-corrected chi connectivity index (χ1v) is 9.37. The standard InChI is InChI=1S/C19H24N6/c1-13-6-20-7-19(23-13)25-10-15-8-24(9-16(15)11-25)18-5-17(21-12-22-18)14-3-2-4-14/h5-7,12,14-16H,2-4,8-11H2,1H3. The van der Waals surface area contributed by atoms with Gasteiger partial charge in [-0.1, -0.05) is 6.42 Å². The summed E-state index contributed by atoms with van der Waals surface area (Å²) in [5.41, 5.74) is 2.23. The van der Waals surface area contributed by atoms with Crippen LogP contribution in [0.2, 0.25) is 0 Å². The second-order valence-corrected chi connectivity index (χ2v) is 7.78. The topological polar surface area (TPSA) is 58.0 Å². The number of aromatic nitrogens is 4. The maximum Gasteiger partial charge on any atom is 0.147 e. The van der Waals surface area contributed by atoms with Gasteiger partial charge in [0.2, 0.25) is 0 Å². The van der Waals surface area contributed by atoms with Crippen molar-refractivity contribution in [3.05, 3.63) is 36.2 Å². The highest BCUT2D eigenvalue weighted by Crippen LogP contribution is 2.38. The Bertz CT molecular complexity index is 760. The van der Waals surface area contributed by atoms with Gasteiger partial charge in [-0.25, -0.2) is 15.0 Å². The number of nitrogens with zero attached hydrogens (tertiary/aromatic N) is 6. The van der Waals surface area contributed by atoms with E-state index in [-0.39, 0.29) is 0 Å². The third-order valence-electron chi connectivity index (χ3n) is 6.07. The van der Waals surface area contributed by atoms with E-state index in [2.05, 4.69) is 35.8 Å². The minimum absolute atomic E-state index is 0.666. The van der Waals surface area contributed by atoms with Crippen LogP contribution in [0.5, 0.6) is 0 Å². The van der Waals surface area contributed by atoms with Gasteiger partial charge in [0.15, 0.2) is 0 Å². The van der Waals surface area contributed by atoms with Crippen molar-refractivity contribution in [2.45, 2.75) is 32.1 Å². The molecular weight excluding hydrogens is 312 g/mol. The summed E-state index contributed by atoms with van der Waals surface area (Å²) < 4.78 is 0. The lowest BCUT2D eigenvalue weighted by atomic mass is 9.83. The van der Waals surface area contributed by atoms with Crippen molar-refractivity contribution in [3.63, 3.8) is 0 Å². The minimum atomic E-state index is 0.666. The Kier molecular flexibility index (Phi) is 3.57. The predicted octanol–water partition coefficient (Wildman–Crippen LogP) is 2.42. The number of fused-ring (bicyclic) bond motifs is 1. The molecule has 25 heavy (non-hydrogen) atoms. The summed E-state index contributed by atoms with van der Waals surface area (Å²) >= 11 is 0. The lowest BCUT2D eigenvalue weighted by Crippen LogP contribution is -2.30. The molecule has 0 N–H and O–H groups in total. The van der Waals surface area contributed by atoms with Crippen LogP contribution in [0.4, 0.5) is 11.6 Å². The van der Waals surface area contributed by atoms with E-state index in [0.29, 0.717) is 17.8 Å². The molecule has 5 rings (SSSR count). The summed E-state index contributed by atoms with van der Waals surface area (Å²) in [7, 11) is 0. The van der Waals surface area contributed by atoms with Crippen LogP contribution in [0.3, 0.4) is 0 Å². The molecule has 1 aliphatic carbocycles. The first kappa shape index (κ1) is 15.0. The summed E-state index contributed by atoms with van der Waals surface area (Å²) in [5.74, 6) is 4.18. The molecule has 2 saturated heterocycles. The molecule has 130 valence electrons. The SMILES string of the molecule is Cc1cncc(N2CC3CN(c4cc(C5CCC5)ncn4)CC3C2)n1. The van der Waals surface area contributed by atoms with E-state index in [1.165, 1.54) is 25.0 Å². The number of hydrogen-bond acceptors (Lipinski definition) is 6. The second-order valence-electron chi connectivity index (χ2n) is 7.78. The Labute approximate surface area is 148 Å². The maximum atomic E-state index is 4.64. The molecule has 4 heterocycles. The van der Waals surface area contributed by atoms with E-state index >= 15 is 0 Å². The zero-order valence-electron chi connectivity index (χ0n) is 14.7. The average Bonchev–Trinajstić information content (AvgIpc) is 3.12. The number of aryl methyl sites for hydroxylation is 1. The number of anilines is 2. The first-order chi connectivity index (χ1) is 12.3. The Morgan fingerprint density at radius 2 is 1.64 bits per heavy atom. The fourth-order valence-electron chi connectivity index (χ4n) is 4.43. The molecule has 0 amide bonds. The summed E-state index contributed by atoms with van der Waals surface area (Å²) in [4.78, 5) is 22.8. The summed E-state index contributed by atoms with van der Waals surface area (Å²) in [5, 5.41) is 0. The van der Waals surface area contributed by atoms with Gasteiger partial charge < -0.3 is 9.80 Å². The predicted molar refractivity (Wildman–Crippen MR) is 96.8 cm³/mol. The molecule has 0 radical (unpaired) electrons. The van der Waals surface area contributed by atoms with E-state index in [1.54, 1.807) is 6.33 Å². The molecule has 3 aliphatic rings. The van der Waals surface area contributed by atoms with Gasteiger partial charge in [0.1, 0.15) is 18.0 Å². The third-order valence-corrected chi connectivity index (χ3v) is 6.07. The van der Waals surface area contributed by atoms with Crippen LogP contribution in [0.15, 0.2) is 24.8 Å².